The lowest BCUT2D eigenvalue weighted by Gasteiger charge is -2.32. The minimum atomic E-state index is -3.24. The van der Waals surface area contributed by atoms with E-state index in [4.69, 9.17) is 38.9 Å². The molecule has 0 aliphatic carbocycles. The number of nitrogens with one attached hydrogen (secondary N) is 3. The molecule has 6 aliphatic heterocycles. The number of anilines is 5. The number of pyridine rings is 4. The molecule has 3 amide bonds. The fourth-order valence-corrected chi connectivity index (χ4v) is 25.0. The molecule has 3 N–H and O–H groups in total. The van der Waals surface area contributed by atoms with Crippen LogP contribution in [0.25, 0.3) is 78.0 Å². The van der Waals surface area contributed by atoms with Gasteiger partial charge in [-0.25, -0.2) is 27.7 Å². The van der Waals surface area contributed by atoms with Crippen molar-refractivity contribution in [3.8, 4) is 34.2 Å². The lowest BCUT2D eigenvalue weighted by Crippen LogP contribution is -2.41. The van der Waals surface area contributed by atoms with Gasteiger partial charge in [0.2, 0.25) is 27.7 Å². The van der Waals surface area contributed by atoms with Crippen LogP contribution >= 0.6 is 63.7 Å². The number of fused-ring (bicyclic) bond motifs is 9. The van der Waals surface area contributed by atoms with E-state index in [1.165, 1.54) is 34.4 Å². The van der Waals surface area contributed by atoms with Gasteiger partial charge in [0.1, 0.15) is 24.8 Å². The number of H-pyrrole nitrogens is 2. The van der Waals surface area contributed by atoms with Crippen molar-refractivity contribution in [3.05, 3.63) is 198 Å². The van der Waals surface area contributed by atoms with Crippen LogP contribution in [-0.2, 0) is 88.8 Å². The maximum atomic E-state index is 12.6. The molecule has 133 heavy (non-hydrogen) atoms. The maximum Gasteiger partial charge on any atom is 0.494 e. The minimum absolute atomic E-state index is 0.0888. The predicted octanol–water partition coefficient (Wildman–Crippen LogP) is 21.8. The number of hydrogen-bond acceptors (Lipinski definition) is 18. The molecule has 6 aliphatic rings. The van der Waals surface area contributed by atoms with Crippen LogP contribution in [0.15, 0.2) is 171 Å². The van der Waals surface area contributed by atoms with Gasteiger partial charge in [0.15, 0.2) is 11.6 Å². The first-order chi connectivity index (χ1) is 63.2. The van der Waals surface area contributed by atoms with E-state index in [1.807, 2.05) is 75.2 Å². The predicted molar refractivity (Wildman–Crippen MR) is 560 cm³/mol. The number of rotatable bonds is 18. The standard InChI is InChI=1S/C31H35N5O2Si.C26H35BN4O3Si.C13H21BrN2O2SSi.2C10H11BrN2O.C8H9BrN2/c1-21(37)35-16-8-10-24-23(9-7-13-28(24)35)22-14-15-29-25(19-22)30(31-32-26-11-5-6-12-27(26)33-31)34-36(29)20-38-17-18-39(2,3)4;1-25(2)26(3,4)34-27(33-25)18-12-13-22-19(16-18)23(24-28-20-10-8-9-11-21(20)29-24)30-31(22)17-32-14-15-35(5,6)7;1-20(2,3)8-7-19(17,18)16-6-4-5-11-12(14)9-15-10-13(11)16;2*1-7(14)13-4-2-3-8-9(11)5-12-6-10(8)13;9-7-4-10-5-8-6(7)2-1-3-11-8/h5-7,9,11-15,19H,8,10,16-18,20H2,1-4H3,(H,32,33);8-13,16H,14-15,17H2,1-7H3,(H,28,29);9-10H,4-8H2,1-3H3;2*5-6H,2-4H2,1H3;4-5,11H,1-3H2. The third-order valence-corrected chi connectivity index (χ3v) is 35.0. The van der Waals surface area contributed by atoms with Crippen molar-refractivity contribution in [1.29, 1.82) is 0 Å². The van der Waals surface area contributed by atoms with Gasteiger partial charge in [-0.3, -0.25) is 38.6 Å². The molecule has 35 heteroatoms. The number of carbonyl (C=O) groups is 3. The first-order valence-electron chi connectivity index (χ1n) is 45.8. The van der Waals surface area contributed by atoms with Gasteiger partial charge in [-0.1, -0.05) is 114 Å². The fourth-order valence-electron chi connectivity index (χ4n) is 16.8. The van der Waals surface area contributed by atoms with Crippen LogP contribution in [0.2, 0.25) is 77.1 Å². The van der Waals surface area contributed by atoms with E-state index in [1.54, 1.807) is 72.1 Å². The highest BCUT2D eigenvalue weighted by atomic mass is 79.9. The van der Waals surface area contributed by atoms with Gasteiger partial charge in [0, 0.05) is 150 Å². The molecule has 5 aromatic carbocycles. The molecule has 0 unspecified atom stereocenters. The quantitative estimate of drug-likeness (QED) is 0.0531. The van der Waals surface area contributed by atoms with E-state index in [0.717, 1.165) is 245 Å². The zero-order valence-corrected chi connectivity index (χ0v) is 89.3. The average Bonchev–Trinajstić information content (AvgIpc) is 1.61. The van der Waals surface area contributed by atoms with E-state index >= 15 is 0 Å². The lowest BCUT2D eigenvalue weighted by molar-refractivity contribution is -0.117. The second kappa shape index (κ2) is 42.7. The molecule has 14 heterocycles. The molecular formula is C98H122BBr4N17O9SSi3. The van der Waals surface area contributed by atoms with Crippen LogP contribution in [-0.4, -0.2) is 180 Å². The van der Waals surface area contributed by atoms with Crippen molar-refractivity contribution in [2.45, 2.75) is 214 Å². The van der Waals surface area contributed by atoms with Crippen molar-refractivity contribution < 1.29 is 41.6 Å². The molecule has 8 aromatic heterocycles. The van der Waals surface area contributed by atoms with Crippen LogP contribution in [0.3, 0.4) is 0 Å². The normalized spacial score (nSPS) is 15.6. The van der Waals surface area contributed by atoms with Crippen molar-refractivity contribution in [2.75, 3.05) is 76.0 Å². The summed E-state index contributed by atoms with van der Waals surface area (Å²) in [5, 5.41) is 15.3. The molecule has 1 saturated heterocycles. The Bertz CT molecular complexity index is 6360. The molecule has 702 valence electrons. The van der Waals surface area contributed by atoms with Gasteiger partial charge in [0.05, 0.1) is 97.6 Å². The van der Waals surface area contributed by atoms with E-state index < -0.39 is 52.6 Å². The molecule has 0 spiro atoms. The highest BCUT2D eigenvalue weighted by molar-refractivity contribution is 9.11. The van der Waals surface area contributed by atoms with E-state index in [-0.39, 0.29) is 23.5 Å². The number of para-hydroxylation sites is 4. The number of halogens is 4. The number of carbonyl (C=O) groups excluding carboxylic acids is 3. The lowest BCUT2D eigenvalue weighted by atomic mass is 9.78. The van der Waals surface area contributed by atoms with Crippen LogP contribution in [0.4, 0.5) is 28.4 Å². The summed E-state index contributed by atoms with van der Waals surface area (Å²) in [6, 6.07) is 38.2. The Labute approximate surface area is 817 Å². The molecular weight excluding hydrogens is 2010 g/mol. The van der Waals surface area contributed by atoms with E-state index in [9.17, 15) is 22.8 Å². The van der Waals surface area contributed by atoms with E-state index in [2.05, 4.69) is 240 Å². The van der Waals surface area contributed by atoms with Gasteiger partial charge in [-0.15, -0.1) is 0 Å². The number of imidazole rings is 2. The molecule has 26 nitrogen and oxygen atoms in total. The van der Waals surface area contributed by atoms with E-state index in [0.29, 0.717) is 20.0 Å². The number of nitrogens with zero attached hydrogens (tertiary/aromatic N) is 14. The Morgan fingerprint density at radius 3 is 1.38 bits per heavy atom. The SMILES string of the molecule is Brc1cncc2c1CCCN2.CC(=O)N1CCCc2c(-c3ccc4c(c3)c(-c3nc5ccccc5[nH]3)nn4COCC[Si](C)(C)C)cccc21.CC(=O)N1CCCc2c(Br)cncc21.CC(=O)N1CCCc2c(Br)cncc21.CC1(C)OB(c2ccc3c(c2)c(-c2nc4ccccc4[nH]2)nn3COCC[Si](C)(C)C)OC1(C)C.C[Si](C)(C)CCS(=O)(=O)N1CCCc2c(Br)cncc21. The summed E-state index contributed by atoms with van der Waals surface area (Å²) in [7, 11) is -7.38. The Morgan fingerprint density at radius 1 is 0.474 bits per heavy atom. The third-order valence-electron chi connectivity index (χ3n) is 25.0. The molecule has 13 aromatic rings. The number of hydrogen-bond donors (Lipinski definition) is 3. The minimum Gasteiger partial charge on any atom is -0.399 e. The highest BCUT2D eigenvalue weighted by Gasteiger charge is 2.52. The smallest absolute Gasteiger partial charge is 0.399 e. The Hall–Kier alpha value is -8.98. The summed E-state index contributed by atoms with van der Waals surface area (Å²) in [4.78, 5) is 73.5. The number of sulfonamides is 1. The van der Waals surface area contributed by atoms with Crippen molar-refractivity contribution >= 4 is 201 Å². The van der Waals surface area contributed by atoms with Crippen LogP contribution in [0.5, 0.6) is 0 Å². The first-order valence-corrected chi connectivity index (χ1v) is 61.7. The highest BCUT2D eigenvalue weighted by Crippen LogP contribution is 2.43. The summed E-state index contributed by atoms with van der Waals surface area (Å²) in [5.41, 5.74) is 20.8. The van der Waals surface area contributed by atoms with Crippen molar-refractivity contribution in [1.82, 2.24) is 59.4 Å². The average molecular weight is 2130 g/mol. The second-order valence-electron chi connectivity index (χ2n) is 39.2. The summed E-state index contributed by atoms with van der Waals surface area (Å²) in [6.07, 6.45) is 24.4. The summed E-state index contributed by atoms with van der Waals surface area (Å²) >= 11 is 13.9. The summed E-state index contributed by atoms with van der Waals surface area (Å²) in [5.74, 6) is 2.00. The number of ether oxygens (including phenoxy) is 2. The summed E-state index contributed by atoms with van der Waals surface area (Å²) < 4.78 is 59.5. The third kappa shape index (κ3) is 24.3. The van der Waals surface area contributed by atoms with Crippen LogP contribution < -0.4 is 29.8 Å². The molecule has 0 radical (unpaired) electrons. The van der Waals surface area contributed by atoms with Crippen LogP contribution in [0, 0.1) is 0 Å². The first kappa shape index (κ1) is 100.0. The monoisotopic (exact) mass is 2120 g/mol. The van der Waals surface area contributed by atoms with Gasteiger partial charge in [-0.2, -0.15) is 10.2 Å². The van der Waals surface area contributed by atoms with Crippen molar-refractivity contribution in [3.63, 3.8) is 0 Å². The van der Waals surface area contributed by atoms with Gasteiger partial charge in [0.25, 0.3) is 0 Å². The fraction of sp³-hybridized carbons (Fsp3) is 0.418. The van der Waals surface area contributed by atoms with Crippen molar-refractivity contribution in [2.24, 2.45) is 0 Å². The molecule has 19 rings (SSSR count). The van der Waals surface area contributed by atoms with Gasteiger partial charge >= 0.3 is 7.12 Å². The zero-order chi connectivity index (χ0) is 95.1. The number of aromatic amines is 2. The molecule has 0 atom stereocenters. The molecule has 1 fully saturated rings. The second-order valence-corrected chi connectivity index (χ2v) is 61.5. The Balaban J connectivity index is 0.000000136. The largest absolute Gasteiger partial charge is 0.494 e. The maximum absolute atomic E-state index is 12.6. The zero-order valence-electron chi connectivity index (χ0n) is 79.1. The topological polar surface area (TPSA) is 292 Å². The van der Waals surface area contributed by atoms with Gasteiger partial charge in [-0.05, 0) is 267 Å². The van der Waals surface area contributed by atoms with Crippen LogP contribution in [0.1, 0.15) is 108 Å². The molecule has 0 bridgehead atoms. The molecule has 0 saturated carbocycles. The number of aromatic nitrogens is 12. The Kier molecular flexibility index (Phi) is 32.1. The Morgan fingerprint density at radius 2 is 0.902 bits per heavy atom. The number of amides is 3. The summed E-state index contributed by atoms with van der Waals surface area (Å²) in [6.45, 7) is 40.2. The number of benzene rings is 5. The van der Waals surface area contributed by atoms with Gasteiger partial charge < -0.3 is 48.8 Å².